The van der Waals surface area contributed by atoms with Gasteiger partial charge in [0.2, 0.25) is 9.23 Å². The van der Waals surface area contributed by atoms with Crippen molar-refractivity contribution >= 4 is 172 Å². The molecule has 0 unspecified atom stereocenters. The molecule has 0 aliphatic heterocycles. The van der Waals surface area contributed by atoms with E-state index in [1.807, 2.05) is 97.1 Å². The monoisotopic (exact) mass is 1320 g/mol. The second-order valence-electron chi connectivity index (χ2n) is 15.5. The predicted molar refractivity (Wildman–Crippen MR) is 330 cm³/mol. The van der Waals surface area contributed by atoms with Crippen molar-refractivity contribution in [2.75, 3.05) is 104 Å². The minimum Gasteiger partial charge on any atom is -0.872 e. The third-order valence-corrected chi connectivity index (χ3v) is 14.2. The number of ether oxygens (including phenoxy) is 6. The standard InChI is InChI=1S/C30H22O5S2.C13H8O2S.2C4H8Cl2O2.C4H10O3.Cl2OS.Na/c31-29-21-5-1-4-8-26(21)37-28-18-20(9-11-23(28)29)35-16-14-33-13-15-34-19-10-12-27-24(17-19)30(32)22-6-2-3-7-25(22)36-27;14-8-5-6-12-10(7-8)13(15)9-3-1-2-4-11(9)16-12;2*5-1-2-7-3-4-8-6;5-1-3-7-4-2-6;1-4(2)3;/h1-12,17-18H,13-16H2;1-7,14H;2*1-4H2;5-6H,1-4H2;;/q;;;;;;+1/p-1. The van der Waals surface area contributed by atoms with Gasteiger partial charge in [-0.25, -0.2) is 4.21 Å². The molecule has 0 fully saturated rings. The van der Waals surface area contributed by atoms with Crippen LogP contribution in [0.4, 0.5) is 0 Å². The number of rotatable bonds is 22. The Morgan fingerprint density at radius 1 is 0.420 bits per heavy atom. The zero-order valence-electron chi connectivity index (χ0n) is 43.5. The first-order valence-electron chi connectivity index (χ1n) is 24.1. The largest absolute Gasteiger partial charge is 1.00 e. The number of alkyl halides is 2. The molecule has 9 aromatic rings. The number of aliphatic hydroxyl groups is 2. The molecule has 0 saturated carbocycles. The second kappa shape index (κ2) is 42.7. The van der Waals surface area contributed by atoms with Gasteiger partial charge in [0.1, 0.15) is 24.7 Å². The maximum absolute atomic E-state index is 12.8. The van der Waals surface area contributed by atoms with Crippen LogP contribution in [-0.2, 0) is 36.8 Å². The minimum absolute atomic E-state index is 0. The summed E-state index contributed by atoms with van der Waals surface area (Å²) in [6.07, 6.45) is 0. The Labute approximate surface area is 532 Å². The summed E-state index contributed by atoms with van der Waals surface area (Å²) in [6, 6.07) is 38.6. The summed E-state index contributed by atoms with van der Waals surface area (Å²) >= 11 is 25.0. The van der Waals surface area contributed by atoms with Gasteiger partial charge in [0.15, 0.2) is 16.3 Å². The fourth-order valence-corrected chi connectivity index (χ4v) is 10.3. The molecule has 26 heteroatoms. The molecule has 2 N–H and O–H groups in total. The summed E-state index contributed by atoms with van der Waals surface area (Å²) in [5, 5.41) is 31.5. The number of fused-ring (bicyclic) bond motifs is 6. The van der Waals surface area contributed by atoms with Gasteiger partial charge in [-0.1, -0.05) is 48.5 Å². The molecule has 0 radical (unpaired) electrons. The fourth-order valence-electron chi connectivity index (χ4n) is 6.79. The fraction of sp³-hybridized carbons (Fsp3) is 0.291. The van der Waals surface area contributed by atoms with Gasteiger partial charge in [-0.2, -0.15) is 0 Å². The van der Waals surface area contributed by atoms with Gasteiger partial charge < -0.3 is 43.7 Å². The molecule has 0 amide bonds. The molecule has 81 heavy (non-hydrogen) atoms. The Bertz CT molecular complexity index is 3440. The number of hydrogen-bond acceptors (Lipinski definition) is 18. The Balaban J connectivity index is 0.000000320. The van der Waals surface area contributed by atoms with Crippen LogP contribution in [0.5, 0.6) is 17.2 Å². The van der Waals surface area contributed by atoms with E-state index in [0.717, 1.165) is 39.0 Å². The van der Waals surface area contributed by atoms with Crippen LogP contribution >= 0.6 is 102 Å². The van der Waals surface area contributed by atoms with Gasteiger partial charge >= 0.3 is 29.6 Å². The van der Waals surface area contributed by atoms with E-state index in [0.29, 0.717) is 124 Å². The Morgan fingerprint density at radius 2 is 0.765 bits per heavy atom. The molecule has 3 heterocycles. The molecule has 9 rings (SSSR count). The first kappa shape index (κ1) is 72.2. The van der Waals surface area contributed by atoms with Crippen molar-refractivity contribution in [1.82, 2.24) is 0 Å². The SMILES string of the molecule is ClCCOCCOCl.ClCCOCCOCl.O=S(Cl)Cl.O=c1c2ccccc2sc2cc(OCCOCCOc3ccc4sc5ccccc5c(=O)c4c3)ccc12.O=c1c2ccccc2sc2ccc([O-])cc12.OCCOCCO.[Na+]. The summed E-state index contributed by atoms with van der Waals surface area (Å²) in [5.74, 6) is 2.27. The van der Waals surface area contributed by atoms with E-state index in [2.05, 4.69) is 34.7 Å². The van der Waals surface area contributed by atoms with Gasteiger partial charge in [-0.05, 0) is 78.9 Å². The third kappa shape index (κ3) is 26.0. The van der Waals surface area contributed by atoms with Crippen molar-refractivity contribution < 1.29 is 86.1 Å². The number of hydrogen-bond donors (Lipinski definition) is 2. The van der Waals surface area contributed by atoms with Gasteiger partial charge in [0.05, 0.1) is 103 Å². The Morgan fingerprint density at radius 3 is 1.22 bits per heavy atom. The Kier molecular flexibility index (Phi) is 38.1. The van der Waals surface area contributed by atoms with Crippen molar-refractivity contribution in [3.05, 3.63) is 158 Å². The van der Waals surface area contributed by atoms with E-state index in [4.69, 9.17) is 85.0 Å². The molecule has 6 aromatic carbocycles. The van der Waals surface area contributed by atoms with Gasteiger partial charge in [0.25, 0.3) is 0 Å². The van der Waals surface area contributed by atoms with E-state index in [1.165, 1.54) is 23.5 Å². The van der Waals surface area contributed by atoms with Crippen molar-refractivity contribution in [2.45, 2.75) is 0 Å². The molecule has 0 aliphatic rings. The van der Waals surface area contributed by atoms with E-state index < -0.39 is 9.23 Å². The maximum atomic E-state index is 12.8. The van der Waals surface area contributed by atoms with Crippen LogP contribution in [-0.4, -0.2) is 119 Å². The average molecular weight is 1320 g/mol. The normalized spacial score (nSPS) is 10.6. The van der Waals surface area contributed by atoms with Crippen molar-refractivity contribution in [1.29, 1.82) is 0 Å². The van der Waals surface area contributed by atoms with E-state index in [9.17, 15) is 19.5 Å². The second-order valence-corrected chi connectivity index (χ2v) is 22.5. The Hall–Kier alpha value is -3.04. The van der Waals surface area contributed by atoms with Gasteiger partial charge in [-0.3, -0.25) is 23.0 Å². The molecule has 432 valence electrons. The molecule has 15 nitrogen and oxygen atoms in total. The van der Waals surface area contributed by atoms with Crippen molar-refractivity contribution in [3.63, 3.8) is 0 Å². The van der Waals surface area contributed by atoms with Crippen LogP contribution in [0.25, 0.3) is 60.5 Å². The topological polar surface area (TPSA) is 206 Å². The predicted octanol–water partition coefficient (Wildman–Crippen LogP) is 8.96. The minimum atomic E-state index is -1.67. The molecular weight excluding hydrogens is 1260 g/mol. The van der Waals surface area contributed by atoms with Gasteiger partial charge in [0, 0.05) is 93.6 Å². The van der Waals surface area contributed by atoms with E-state index in [-0.39, 0.29) is 64.8 Å². The average Bonchev–Trinajstić information content (AvgIpc) is 3.52. The van der Waals surface area contributed by atoms with Crippen LogP contribution in [0.2, 0.25) is 0 Å². The quantitative estimate of drug-likeness (QED) is 0.0214. The first-order valence-corrected chi connectivity index (χ1v) is 31.0. The zero-order chi connectivity index (χ0) is 57.9. The first-order chi connectivity index (χ1) is 38.9. The summed E-state index contributed by atoms with van der Waals surface area (Å²) in [4.78, 5) is 37.7. The molecule has 0 atom stereocenters. The molecule has 0 aliphatic carbocycles. The van der Waals surface area contributed by atoms with Gasteiger partial charge in [-0.15, -0.1) is 63.0 Å². The third-order valence-electron chi connectivity index (χ3n) is 10.2. The maximum Gasteiger partial charge on any atom is 1.00 e. The van der Waals surface area contributed by atoms with E-state index >= 15 is 0 Å². The number of benzene rings is 6. The molecule has 3 aromatic heterocycles. The van der Waals surface area contributed by atoms with E-state index in [1.54, 1.807) is 40.9 Å². The summed E-state index contributed by atoms with van der Waals surface area (Å²) in [5.41, 5.74) is 0.0190. The molecule has 0 spiro atoms. The summed E-state index contributed by atoms with van der Waals surface area (Å²) < 4.78 is 54.8. The zero-order valence-corrected chi connectivity index (χ0v) is 53.3. The molecule has 0 saturated heterocycles. The summed E-state index contributed by atoms with van der Waals surface area (Å²) in [6.45, 7) is 5.22. The summed E-state index contributed by atoms with van der Waals surface area (Å²) in [7, 11) is 7.36. The van der Waals surface area contributed by atoms with Crippen LogP contribution in [0, 0.1) is 0 Å². The smallest absolute Gasteiger partial charge is 0.872 e. The van der Waals surface area contributed by atoms with Crippen molar-refractivity contribution in [3.8, 4) is 17.2 Å². The van der Waals surface area contributed by atoms with Crippen LogP contribution in [0.3, 0.4) is 0 Å². The number of halogens is 6. The van der Waals surface area contributed by atoms with Crippen LogP contribution in [0.15, 0.2) is 142 Å². The number of aliphatic hydroxyl groups excluding tert-OH is 2. The molecular formula is C55H55Cl6NaO15S4. The molecule has 0 bridgehead atoms. The van der Waals surface area contributed by atoms with Crippen molar-refractivity contribution in [2.24, 2.45) is 0 Å². The van der Waals surface area contributed by atoms with Crippen LogP contribution in [0.1, 0.15) is 0 Å². The van der Waals surface area contributed by atoms with Crippen LogP contribution < -0.4 is 60.4 Å².